The van der Waals surface area contributed by atoms with Crippen LogP contribution in [0, 0.1) is 6.92 Å². The highest BCUT2D eigenvalue weighted by molar-refractivity contribution is 7.17. The summed E-state index contributed by atoms with van der Waals surface area (Å²) in [5, 5.41) is 4.30. The lowest BCUT2D eigenvalue weighted by atomic mass is 10.3. The molecule has 1 N–H and O–H groups in total. The van der Waals surface area contributed by atoms with Crippen LogP contribution in [0.4, 0.5) is 16.5 Å². The van der Waals surface area contributed by atoms with Crippen molar-refractivity contribution >= 4 is 57.0 Å². The van der Waals surface area contributed by atoms with Gasteiger partial charge in [-0.05, 0) is 31.2 Å². The van der Waals surface area contributed by atoms with Crippen LogP contribution >= 0.6 is 34.5 Å². The molecular weight excluding hydrogens is 377 g/mol. The lowest BCUT2D eigenvalue weighted by Gasteiger charge is -2.15. The Morgan fingerprint density at radius 1 is 1.08 bits per heavy atom. The normalized spacial score (nSPS) is 10.6. The maximum atomic E-state index is 12.6. The third-order valence-corrected chi connectivity index (χ3v) is 5.49. The molecule has 0 spiro atoms. The average Bonchev–Trinajstić information content (AvgIpc) is 3.00. The van der Waals surface area contributed by atoms with Gasteiger partial charge in [-0.2, -0.15) is 0 Å². The minimum atomic E-state index is -0.280. The fraction of sp³-hybridized carbons (Fsp3) is 0.111. The fourth-order valence-corrected chi connectivity index (χ4v) is 3.72. The molecule has 25 heavy (non-hydrogen) atoms. The molecule has 0 atom stereocenters. The number of nitrogens with zero attached hydrogens (tertiary/aromatic N) is 2. The molecule has 0 saturated carbocycles. The predicted octanol–water partition coefficient (Wildman–Crippen LogP) is 5.78. The first-order chi connectivity index (χ1) is 12.0. The third-order valence-electron chi connectivity index (χ3n) is 3.62. The van der Waals surface area contributed by atoms with E-state index in [4.69, 9.17) is 23.2 Å². The van der Waals surface area contributed by atoms with E-state index in [9.17, 15) is 4.79 Å². The Kier molecular flexibility index (Phi) is 5.27. The summed E-state index contributed by atoms with van der Waals surface area (Å²) in [6, 6.07) is 14.9. The number of para-hydroxylation sites is 2. The third kappa shape index (κ3) is 3.79. The molecule has 3 aromatic rings. The zero-order chi connectivity index (χ0) is 18.0. The molecular formula is C18H15Cl2N3OS. The van der Waals surface area contributed by atoms with Gasteiger partial charge in [0.1, 0.15) is 4.88 Å². The van der Waals surface area contributed by atoms with Gasteiger partial charge in [-0.15, -0.1) is 0 Å². The molecule has 1 heterocycles. The van der Waals surface area contributed by atoms with Gasteiger partial charge in [-0.25, -0.2) is 4.98 Å². The second-order valence-corrected chi connectivity index (χ2v) is 7.15. The highest BCUT2D eigenvalue weighted by Gasteiger charge is 2.19. The number of aromatic nitrogens is 1. The molecule has 0 fully saturated rings. The van der Waals surface area contributed by atoms with E-state index in [1.165, 1.54) is 11.3 Å². The molecule has 4 nitrogen and oxygen atoms in total. The van der Waals surface area contributed by atoms with E-state index in [-0.39, 0.29) is 5.91 Å². The average molecular weight is 392 g/mol. The Labute approximate surface area is 160 Å². The van der Waals surface area contributed by atoms with E-state index >= 15 is 0 Å². The van der Waals surface area contributed by atoms with Crippen molar-refractivity contribution in [3.8, 4) is 0 Å². The Balaban J connectivity index is 1.86. The lowest BCUT2D eigenvalue weighted by Crippen LogP contribution is -2.12. The molecule has 1 aromatic heterocycles. The van der Waals surface area contributed by atoms with E-state index in [1.807, 2.05) is 49.2 Å². The number of aryl methyl sites for hydroxylation is 1. The smallest absolute Gasteiger partial charge is 0.267 e. The first kappa shape index (κ1) is 17.7. The fourth-order valence-electron chi connectivity index (χ4n) is 2.29. The molecule has 0 aliphatic heterocycles. The highest BCUT2D eigenvalue weighted by atomic mass is 35.5. The van der Waals surface area contributed by atoms with Crippen molar-refractivity contribution in [3.63, 3.8) is 0 Å². The zero-order valence-electron chi connectivity index (χ0n) is 13.6. The van der Waals surface area contributed by atoms with Crippen LogP contribution in [0.15, 0.2) is 48.5 Å². The molecule has 7 heteroatoms. The van der Waals surface area contributed by atoms with Crippen LogP contribution in [-0.2, 0) is 0 Å². The number of anilines is 3. The summed E-state index contributed by atoms with van der Waals surface area (Å²) in [6.45, 7) is 1.81. The first-order valence-electron chi connectivity index (χ1n) is 7.49. The number of nitrogens with one attached hydrogen (secondary N) is 1. The standard InChI is InChI=1S/C18H15Cl2N3OS/c1-11-16(17(24)22-15-13(19)9-6-10-14(15)20)25-18(21-11)23(2)12-7-4-3-5-8-12/h3-10H,1-2H3,(H,22,24). The van der Waals surface area contributed by atoms with Crippen LogP contribution in [0.2, 0.25) is 10.0 Å². The number of benzene rings is 2. The molecule has 128 valence electrons. The summed E-state index contributed by atoms with van der Waals surface area (Å²) in [6.07, 6.45) is 0. The minimum Gasteiger partial charge on any atom is -0.321 e. The van der Waals surface area contributed by atoms with Crippen molar-refractivity contribution in [3.05, 3.63) is 69.1 Å². The zero-order valence-corrected chi connectivity index (χ0v) is 15.9. The lowest BCUT2D eigenvalue weighted by molar-refractivity contribution is 0.103. The van der Waals surface area contributed by atoms with Crippen LogP contribution in [-0.4, -0.2) is 17.9 Å². The summed E-state index contributed by atoms with van der Waals surface area (Å²) in [5.41, 5.74) is 2.06. The van der Waals surface area contributed by atoms with Crippen molar-refractivity contribution in [1.29, 1.82) is 0 Å². The summed E-state index contributed by atoms with van der Waals surface area (Å²) < 4.78 is 0. The van der Waals surface area contributed by atoms with Gasteiger partial charge in [0.2, 0.25) is 0 Å². The number of hydrogen-bond donors (Lipinski definition) is 1. The Morgan fingerprint density at radius 2 is 1.72 bits per heavy atom. The van der Waals surface area contributed by atoms with Gasteiger partial charge in [-0.1, -0.05) is 58.8 Å². The van der Waals surface area contributed by atoms with Crippen molar-refractivity contribution < 1.29 is 4.79 Å². The van der Waals surface area contributed by atoms with Gasteiger partial charge in [-0.3, -0.25) is 4.79 Å². The molecule has 0 bridgehead atoms. The van der Waals surface area contributed by atoms with Crippen molar-refractivity contribution in [2.24, 2.45) is 0 Å². The van der Waals surface area contributed by atoms with E-state index in [0.717, 1.165) is 10.8 Å². The van der Waals surface area contributed by atoms with E-state index in [0.29, 0.717) is 26.3 Å². The Morgan fingerprint density at radius 3 is 2.36 bits per heavy atom. The van der Waals surface area contributed by atoms with Crippen molar-refractivity contribution in [2.45, 2.75) is 6.92 Å². The molecule has 0 aliphatic carbocycles. The monoisotopic (exact) mass is 391 g/mol. The summed E-state index contributed by atoms with van der Waals surface area (Å²) >= 11 is 13.6. The molecule has 0 saturated heterocycles. The largest absolute Gasteiger partial charge is 0.321 e. The molecule has 2 aromatic carbocycles. The van der Waals surface area contributed by atoms with Crippen LogP contribution in [0.1, 0.15) is 15.4 Å². The number of halogens is 2. The topological polar surface area (TPSA) is 45.2 Å². The number of thiazole rings is 1. The van der Waals surface area contributed by atoms with Crippen LogP contribution in [0.25, 0.3) is 0 Å². The SMILES string of the molecule is Cc1nc(N(C)c2ccccc2)sc1C(=O)Nc1c(Cl)cccc1Cl. The number of rotatable bonds is 4. The Hall–Kier alpha value is -2.08. The number of carbonyl (C=O) groups excluding carboxylic acids is 1. The number of hydrogen-bond acceptors (Lipinski definition) is 4. The minimum absolute atomic E-state index is 0.280. The van der Waals surface area contributed by atoms with Gasteiger partial charge in [0.05, 0.1) is 21.4 Å². The van der Waals surface area contributed by atoms with Gasteiger partial charge < -0.3 is 10.2 Å². The van der Waals surface area contributed by atoms with Gasteiger partial charge >= 0.3 is 0 Å². The summed E-state index contributed by atoms with van der Waals surface area (Å²) in [4.78, 5) is 19.6. The second kappa shape index (κ2) is 7.44. The van der Waals surface area contributed by atoms with Crippen LogP contribution < -0.4 is 10.2 Å². The van der Waals surface area contributed by atoms with E-state index in [2.05, 4.69) is 10.3 Å². The first-order valence-corrected chi connectivity index (χ1v) is 9.06. The maximum Gasteiger partial charge on any atom is 0.267 e. The number of amides is 1. The molecule has 0 aliphatic rings. The highest BCUT2D eigenvalue weighted by Crippen LogP contribution is 2.33. The van der Waals surface area contributed by atoms with E-state index < -0.39 is 0 Å². The summed E-state index contributed by atoms with van der Waals surface area (Å²) in [7, 11) is 1.92. The van der Waals surface area contributed by atoms with Crippen molar-refractivity contribution in [2.75, 3.05) is 17.3 Å². The summed E-state index contributed by atoms with van der Waals surface area (Å²) in [5.74, 6) is -0.280. The molecule has 0 unspecified atom stereocenters. The molecule has 0 radical (unpaired) electrons. The van der Waals surface area contributed by atoms with Crippen LogP contribution in [0.3, 0.4) is 0 Å². The maximum absolute atomic E-state index is 12.6. The predicted molar refractivity (Wildman–Crippen MR) is 106 cm³/mol. The number of carbonyl (C=O) groups is 1. The van der Waals surface area contributed by atoms with Gasteiger partial charge in [0, 0.05) is 12.7 Å². The van der Waals surface area contributed by atoms with E-state index in [1.54, 1.807) is 18.2 Å². The Bertz CT molecular complexity index is 892. The van der Waals surface area contributed by atoms with Gasteiger partial charge in [0.15, 0.2) is 5.13 Å². The van der Waals surface area contributed by atoms with Crippen LogP contribution in [0.5, 0.6) is 0 Å². The molecule has 1 amide bonds. The quantitative estimate of drug-likeness (QED) is 0.612. The second-order valence-electron chi connectivity index (χ2n) is 5.36. The van der Waals surface area contributed by atoms with Gasteiger partial charge in [0.25, 0.3) is 5.91 Å². The molecule has 3 rings (SSSR count). The van der Waals surface area contributed by atoms with Crippen molar-refractivity contribution in [1.82, 2.24) is 4.98 Å².